The number of hydrogen-bond acceptors (Lipinski definition) is 6. The SMILES string of the molecule is CCOC(=O)c1cccc(OCC(=O)N(C)[C@@H](C)c2nc3ccccc3s2)c1. The first-order valence-corrected chi connectivity index (χ1v) is 9.82. The molecule has 3 rings (SSSR count). The van der Waals surface area contributed by atoms with Crippen molar-refractivity contribution in [3.63, 3.8) is 0 Å². The van der Waals surface area contributed by atoms with Gasteiger partial charge in [0.1, 0.15) is 10.8 Å². The fourth-order valence-corrected chi connectivity index (χ4v) is 3.69. The number of benzene rings is 2. The lowest BCUT2D eigenvalue weighted by molar-refractivity contribution is -0.134. The van der Waals surface area contributed by atoms with Crippen molar-refractivity contribution in [1.82, 2.24) is 9.88 Å². The largest absolute Gasteiger partial charge is 0.484 e. The molecule has 0 saturated heterocycles. The van der Waals surface area contributed by atoms with Gasteiger partial charge in [0.25, 0.3) is 5.91 Å². The zero-order valence-electron chi connectivity index (χ0n) is 16.0. The van der Waals surface area contributed by atoms with E-state index in [4.69, 9.17) is 9.47 Å². The van der Waals surface area contributed by atoms with E-state index in [2.05, 4.69) is 4.98 Å². The highest BCUT2D eigenvalue weighted by Crippen LogP contribution is 2.28. The summed E-state index contributed by atoms with van der Waals surface area (Å²) in [7, 11) is 1.73. The van der Waals surface area contributed by atoms with Crippen molar-refractivity contribution in [2.45, 2.75) is 19.9 Å². The molecule has 0 radical (unpaired) electrons. The van der Waals surface area contributed by atoms with Gasteiger partial charge in [0, 0.05) is 7.05 Å². The predicted molar refractivity (Wildman–Crippen MR) is 109 cm³/mol. The molecule has 0 aliphatic carbocycles. The quantitative estimate of drug-likeness (QED) is 0.561. The maximum Gasteiger partial charge on any atom is 0.338 e. The van der Waals surface area contributed by atoms with Gasteiger partial charge in [-0.3, -0.25) is 4.79 Å². The zero-order valence-corrected chi connectivity index (χ0v) is 16.9. The van der Waals surface area contributed by atoms with E-state index in [0.717, 1.165) is 15.2 Å². The van der Waals surface area contributed by atoms with Crippen molar-refractivity contribution in [2.75, 3.05) is 20.3 Å². The minimum Gasteiger partial charge on any atom is -0.484 e. The molecule has 6 nitrogen and oxygen atoms in total. The number of rotatable bonds is 7. The number of para-hydroxylation sites is 1. The summed E-state index contributed by atoms with van der Waals surface area (Å²) in [5.41, 5.74) is 1.32. The van der Waals surface area contributed by atoms with Crippen molar-refractivity contribution in [3.05, 3.63) is 59.1 Å². The minimum atomic E-state index is -0.416. The molecule has 1 amide bonds. The molecule has 0 saturated carbocycles. The van der Waals surface area contributed by atoms with Gasteiger partial charge in [0.15, 0.2) is 6.61 Å². The Bertz CT molecular complexity index is 952. The second-order valence-electron chi connectivity index (χ2n) is 6.24. The predicted octanol–water partition coefficient (Wildman–Crippen LogP) is 4.07. The lowest BCUT2D eigenvalue weighted by Crippen LogP contribution is -2.33. The maximum absolute atomic E-state index is 12.6. The number of carbonyl (C=O) groups is 2. The van der Waals surface area contributed by atoms with E-state index in [1.165, 1.54) is 0 Å². The van der Waals surface area contributed by atoms with Crippen LogP contribution in [0.15, 0.2) is 48.5 Å². The molecule has 0 unspecified atom stereocenters. The Morgan fingerprint density at radius 1 is 1.18 bits per heavy atom. The van der Waals surface area contributed by atoms with E-state index in [1.54, 1.807) is 54.5 Å². The molecule has 0 fully saturated rings. The van der Waals surface area contributed by atoms with E-state index < -0.39 is 5.97 Å². The Balaban J connectivity index is 1.62. The van der Waals surface area contributed by atoms with Gasteiger partial charge in [0.05, 0.1) is 28.4 Å². The molecule has 2 aromatic carbocycles. The average Bonchev–Trinajstić information content (AvgIpc) is 3.15. The van der Waals surface area contributed by atoms with Crippen molar-refractivity contribution in [2.24, 2.45) is 0 Å². The highest BCUT2D eigenvalue weighted by molar-refractivity contribution is 7.18. The van der Waals surface area contributed by atoms with Gasteiger partial charge in [-0.05, 0) is 44.2 Å². The number of thiazole rings is 1. The number of amides is 1. The van der Waals surface area contributed by atoms with Gasteiger partial charge in [-0.2, -0.15) is 0 Å². The van der Waals surface area contributed by atoms with Gasteiger partial charge < -0.3 is 14.4 Å². The first kappa shape index (κ1) is 19.8. The second-order valence-corrected chi connectivity index (χ2v) is 7.30. The second kappa shape index (κ2) is 8.84. The average molecular weight is 398 g/mol. The Hall–Kier alpha value is -2.93. The van der Waals surface area contributed by atoms with E-state index in [-0.39, 0.29) is 18.6 Å². The minimum absolute atomic E-state index is 0.127. The van der Waals surface area contributed by atoms with Gasteiger partial charge in [0.2, 0.25) is 0 Å². The summed E-state index contributed by atoms with van der Waals surface area (Å²) < 4.78 is 11.7. The fourth-order valence-electron chi connectivity index (χ4n) is 2.62. The molecular formula is C21H22N2O4S. The van der Waals surface area contributed by atoms with Crippen LogP contribution in [-0.4, -0.2) is 42.0 Å². The Kier molecular flexibility index (Phi) is 6.26. The van der Waals surface area contributed by atoms with Crippen molar-refractivity contribution >= 4 is 33.4 Å². The molecule has 0 aliphatic rings. The lowest BCUT2D eigenvalue weighted by Gasteiger charge is -2.23. The van der Waals surface area contributed by atoms with Crippen LogP contribution >= 0.6 is 11.3 Å². The molecule has 1 atom stereocenters. The third-order valence-corrected chi connectivity index (χ3v) is 5.56. The number of carbonyl (C=O) groups excluding carboxylic acids is 2. The van der Waals surface area contributed by atoms with Gasteiger partial charge in [-0.25, -0.2) is 9.78 Å². The summed E-state index contributed by atoms with van der Waals surface area (Å²) in [5.74, 6) is -0.144. The topological polar surface area (TPSA) is 68.7 Å². The third-order valence-electron chi connectivity index (χ3n) is 4.35. The normalized spacial score (nSPS) is 11.8. The number of likely N-dealkylation sites (N-methyl/N-ethyl adjacent to an activating group) is 1. The van der Waals surface area contributed by atoms with E-state index in [0.29, 0.717) is 17.9 Å². The molecule has 1 aromatic heterocycles. The molecule has 0 spiro atoms. The number of aromatic nitrogens is 1. The Labute approximate surface area is 167 Å². The highest BCUT2D eigenvalue weighted by Gasteiger charge is 2.21. The summed E-state index contributed by atoms with van der Waals surface area (Å²) in [5, 5.41) is 0.876. The molecular weight excluding hydrogens is 376 g/mol. The lowest BCUT2D eigenvalue weighted by atomic mass is 10.2. The number of nitrogens with zero attached hydrogens (tertiary/aromatic N) is 2. The molecule has 146 valence electrons. The standard InChI is InChI=1S/C21H22N2O4S/c1-4-26-21(25)15-8-7-9-16(12-15)27-13-19(24)23(3)14(2)20-22-17-10-5-6-11-18(17)28-20/h5-12,14H,4,13H2,1-3H3/t14-/m0/s1. The van der Waals surface area contributed by atoms with Crippen LogP contribution < -0.4 is 4.74 Å². The van der Waals surface area contributed by atoms with Crippen molar-refractivity contribution in [3.8, 4) is 5.75 Å². The fraction of sp³-hybridized carbons (Fsp3) is 0.286. The van der Waals surface area contributed by atoms with Crippen LogP contribution in [0.2, 0.25) is 0 Å². The Morgan fingerprint density at radius 3 is 2.71 bits per heavy atom. The number of esters is 1. The molecule has 0 N–H and O–H groups in total. The van der Waals surface area contributed by atoms with Crippen LogP contribution in [0.3, 0.4) is 0 Å². The third kappa shape index (κ3) is 4.48. The molecule has 28 heavy (non-hydrogen) atoms. The van der Waals surface area contributed by atoms with Gasteiger partial charge in [-0.1, -0.05) is 18.2 Å². The van der Waals surface area contributed by atoms with E-state index in [9.17, 15) is 9.59 Å². The molecule has 0 aliphatic heterocycles. The summed E-state index contributed by atoms with van der Waals surface area (Å²) in [6.07, 6.45) is 0. The smallest absolute Gasteiger partial charge is 0.338 e. The van der Waals surface area contributed by atoms with Crippen molar-refractivity contribution < 1.29 is 19.1 Å². The van der Waals surface area contributed by atoms with Crippen LogP contribution in [0.25, 0.3) is 10.2 Å². The summed E-state index contributed by atoms with van der Waals surface area (Å²) in [4.78, 5) is 30.6. The van der Waals surface area contributed by atoms with Crippen molar-refractivity contribution in [1.29, 1.82) is 0 Å². The molecule has 1 heterocycles. The molecule has 3 aromatic rings. The first-order valence-electron chi connectivity index (χ1n) is 9.00. The van der Waals surface area contributed by atoms with Crippen LogP contribution in [0, 0.1) is 0 Å². The summed E-state index contributed by atoms with van der Waals surface area (Å²) in [6.45, 7) is 3.87. The zero-order chi connectivity index (χ0) is 20.1. The van der Waals surface area contributed by atoms with Crippen LogP contribution in [0.1, 0.15) is 35.3 Å². The monoisotopic (exact) mass is 398 g/mol. The number of hydrogen-bond donors (Lipinski definition) is 0. The van der Waals surface area contributed by atoms with E-state index in [1.807, 2.05) is 31.2 Å². The highest BCUT2D eigenvalue weighted by atomic mass is 32.1. The molecule has 7 heteroatoms. The number of ether oxygens (including phenoxy) is 2. The maximum atomic E-state index is 12.6. The van der Waals surface area contributed by atoms with Crippen LogP contribution in [0.5, 0.6) is 5.75 Å². The van der Waals surface area contributed by atoms with Gasteiger partial charge in [-0.15, -0.1) is 11.3 Å². The summed E-state index contributed by atoms with van der Waals surface area (Å²) >= 11 is 1.58. The number of fused-ring (bicyclic) bond motifs is 1. The van der Waals surface area contributed by atoms with Crippen LogP contribution in [-0.2, 0) is 9.53 Å². The first-order chi connectivity index (χ1) is 13.5. The van der Waals surface area contributed by atoms with Crippen LogP contribution in [0.4, 0.5) is 0 Å². The summed E-state index contributed by atoms with van der Waals surface area (Å²) in [6, 6.07) is 14.3. The molecule has 0 bridgehead atoms. The Morgan fingerprint density at radius 2 is 1.96 bits per heavy atom. The van der Waals surface area contributed by atoms with Gasteiger partial charge >= 0.3 is 5.97 Å². The van der Waals surface area contributed by atoms with E-state index >= 15 is 0 Å².